The molecular weight excluding hydrogens is 502 g/mol. The molecule has 1 fully saturated rings. The SMILES string of the molecule is COc1cc(C=Nn2c(C3CCCCC3)nc3ccc(Br)cc3c2=O)ccc1O[C@@H](C)C(=O)O. The van der Waals surface area contributed by atoms with E-state index in [4.69, 9.17) is 19.6 Å². The molecule has 0 unspecified atom stereocenters. The Hall–Kier alpha value is -3.20. The van der Waals surface area contributed by atoms with Crippen LogP contribution in [0.2, 0.25) is 0 Å². The monoisotopic (exact) mass is 527 g/mol. The summed E-state index contributed by atoms with van der Waals surface area (Å²) in [5, 5.41) is 14.1. The molecule has 0 amide bonds. The van der Waals surface area contributed by atoms with Crippen molar-refractivity contribution in [3.63, 3.8) is 0 Å². The summed E-state index contributed by atoms with van der Waals surface area (Å²) < 4.78 is 13.0. The van der Waals surface area contributed by atoms with E-state index in [0.717, 1.165) is 30.2 Å². The summed E-state index contributed by atoms with van der Waals surface area (Å²) in [5.41, 5.74) is 1.12. The molecule has 0 radical (unpaired) electrons. The van der Waals surface area contributed by atoms with E-state index in [1.807, 2.05) is 12.1 Å². The summed E-state index contributed by atoms with van der Waals surface area (Å²) >= 11 is 3.43. The van der Waals surface area contributed by atoms with E-state index >= 15 is 0 Å². The van der Waals surface area contributed by atoms with Gasteiger partial charge in [0.25, 0.3) is 5.56 Å². The zero-order chi connectivity index (χ0) is 24.2. The van der Waals surface area contributed by atoms with Gasteiger partial charge in [-0.3, -0.25) is 4.79 Å². The van der Waals surface area contributed by atoms with Gasteiger partial charge in [0, 0.05) is 10.4 Å². The highest BCUT2D eigenvalue weighted by Crippen LogP contribution is 2.32. The van der Waals surface area contributed by atoms with Crippen molar-refractivity contribution in [2.45, 2.75) is 51.0 Å². The third-order valence-corrected chi connectivity index (χ3v) is 6.46. The number of rotatable bonds is 7. The van der Waals surface area contributed by atoms with Crippen LogP contribution in [0.4, 0.5) is 0 Å². The zero-order valence-corrected chi connectivity index (χ0v) is 20.6. The van der Waals surface area contributed by atoms with Crippen molar-refractivity contribution >= 4 is 39.0 Å². The van der Waals surface area contributed by atoms with Crippen LogP contribution in [0.25, 0.3) is 10.9 Å². The molecule has 1 atom stereocenters. The Morgan fingerprint density at radius 3 is 2.68 bits per heavy atom. The highest BCUT2D eigenvalue weighted by molar-refractivity contribution is 9.10. The fourth-order valence-electron chi connectivity index (χ4n) is 4.13. The number of aliphatic carboxylic acids is 1. The Balaban J connectivity index is 1.74. The third-order valence-electron chi connectivity index (χ3n) is 5.97. The minimum Gasteiger partial charge on any atom is -0.493 e. The Kier molecular flexibility index (Phi) is 7.31. The largest absolute Gasteiger partial charge is 0.493 e. The molecule has 1 saturated carbocycles. The number of methoxy groups -OCH3 is 1. The van der Waals surface area contributed by atoms with E-state index in [1.165, 1.54) is 25.1 Å². The number of ether oxygens (including phenoxy) is 2. The highest BCUT2D eigenvalue weighted by Gasteiger charge is 2.22. The summed E-state index contributed by atoms with van der Waals surface area (Å²) in [7, 11) is 1.48. The molecule has 0 bridgehead atoms. The number of nitrogens with zero attached hydrogens (tertiary/aromatic N) is 3. The summed E-state index contributed by atoms with van der Waals surface area (Å²) in [4.78, 5) is 29.4. The van der Waals surface area contributed by atoms with Crippen molar-refractivity contribution in [2.24, 2.45) is 5.10 Å². The minimum atomic E-state index is -1.07. The first-order valence-corrected chi connectivity index (χ1v) is 12.0. The maximum atomic E-state index is 13.4. The van der Waals surface area contributed by atoms with E-state index in [1.54, 1.807) is 30.5 Å². The summed E-state index contributed by atoms with van der Waals surface area (Å²) in [6.45, 7) is 1.45. The molecule has 2 aromatic carbocycles. The van der Waals surface area contributed by atoms with Gasteiger partial charge in [-0.25, -0.2) is 9.78 Å². The maximum absolute atomic E-state index is 13.4. The average Bonchev–Trinajstić information content (AvgIpc) is 2.84. The fourth-order valence-corrected chi connectivity index (χ4v) is 4.49. The number of fused-ring (bicyclic) bond motifs is 1. The van der Waals surface area contributed by atoms with Crippen LogP contribution in [0.3, 0.4) is 0 Å². The Bertz CT molecular complexity index is 1300. The lowest BCUT2D eigenvalue weighted by Gasteiger charge is -2.22. The first-order chi connectivity index (χ1) is 16.4. The third kappa shape index (κ3) is 5.14. The number of carboxylic acids is 1. The molecule has 1 aliphatic rings. The van der Waals surface area contributed by atoms with Crippen LogP contribution in [0.1, 0.15) is 56.3 Å². The van der Waals surface area contributed by atoms with Gasteiger partial charge in [-0.1, -0.05) is 35.2 Å². The molecule has 1 aliphatic carbocycles. The molecular formula is C25H26BrN3O5. The fraction of sp³-hybridized carbons (Fsp3) is 0.360. The number of halogens is 1. The van der Waals surface area contributed by atoms with Crippen LogP contribution in [0.15, 0.2) is 50.8 Å². The molecule has 4 rings (SSSR count). The number of hydrogen-bond donors (Lipinski definition) is 1. The van der Waals surface area contributed by atoms with Crippen molar-refractivity contribution in [3.8, 4) is 11.5 Å². The highest BCUT2D eigenvalue weighted by atomic mass is 79.9. The van der Waals surface area contributed by atoms with Gasteiger partial charge < -0.3 is 14.6 Å². The minimum absolute atomic E-state index is 0.175. The summed E-state index contributed by atoms with van der Waals surface area (Å²) in [5.74, 6) is 0.467. The van der Waals surface area contributed by atoms with Crippen LogP contribution in [-0.2, 0) is 4.79 Å². The topological polar surface area (TPSA) is 103 Å². The predicted molar refractivity (Wildman–Crippen MR) is 133 cm³/mol. The molecule has 3 aromatic rings. The van der Waals surface area contributed by atoms with Crippen LogP contribution in [-0.4, -0.2) is 40.2 Å². The molecule has 8 nitrogen and oxygen atoms in total. The molecule has 0 saturated heterocycles. The van der Waals surface area contributed by atoms with Crippen LogP contribution >= 0.6 is 15.9 Å². The van der Waals surface area contributed by atoms with Crippen molar-refractivity contribution < 1.29 is 19.4 Å². The van der Waals surface area contributed by atoms with Crippen molar-refractivity contribution in [3.05, 3.63) is 62.6 Å². The first kappa shape index (κ1) is 23.9. The Labute approximate surface area is 205 Å². The second-order valence-corrected chi connectivity index (χ2v) is 9.25. The molecule has 9 heteroatoms. The van der Waals surface area contributed by atoms with E-state index in [9.17, 15) is 9.59 Å². The molecule has 1 N–H and O–H groups in total. The van der Waals surface area contributed by atoms with Gasteiger partial charge in [0.05, 0.1) is 24.2 Å². The predicted octanol–water partition coefficient (Wildman–Crippen LogP) is 4.95. The van der Waals surface area contributed by atoms with Gasteiger partial charge in [0.1, 0.15) is 5.82 Å². The van der Waals surface area contributed by atoms with Gasteiger partial charge >= 0.3 is 5.97 Å². The number of benzene rings is 2. The number of aromatic nitrogens is 2. The normalized spacial score (nSPS) is 15.5. The van der Waals surface area contributed by atoms with E-state index < -0.39 is 12.1 Å². The maximum Gasteiger partial charge on any atom is 0.344 e. The lowest BCUT2D eigenvalue weighted by Crippen LogP contribution is -2.25. The molecule has 1 heterocycles. The first-order valence-electron chi connectivity index (χ1n) is 11.2. The summed E-state index contributed by atoms with van der Waals surface area (Å²) in [6, 6.07) is 10.5. The van der Waals surface area contributed by atoms with Crippen molar-refractivity contribution in [2.75, 3.05) is 7.11 Å². The lowest BCUT2D eigenvalue weighted by molar-refractivity contribution is -0.144. The second kappa shape index (κ2) is 10.4. The quantitative estimate of drug-likeness (QED) is 0.436. The van der Waals surface area contributed by atoms with Crippen LogP contribution in [0, 0.1) is 0 Å². The molecule has 0 aliphatic heterocycles. The standard InChI is InChI=1S/C25H26BrN3O5/c1-15(25(31)32)34-21-11-8-16(12-22(21)33-2)14-27-29-23(17-6-4-3-5-7-17)28-20-10-9-18(26)13-19(20)24(29)30/h8-15,17H,3-7H2,1-2H3,(H,31,32)/t15-/m0/s1. The van der Waals surface area contributed by atoms with Gasteiger partial charge in [-0.05, 0) is 61.7 Å². The van der Waals surface area contributed by atoms with Crippen molar-refractivity contribution in [1.29, 1.82) is 0 Å². The Morgan fingerprint density at radius 2 is 1.97 bits per heavy atom. The molecule has 34 heavy (non-hydrogen) atoms. The summed E-state index contributed by atoms with van der Waals surface area (Å²) in [6.07, 6.45) is 5.92. The van der Waals surface area contributed by atoms with E-state index in [0.29, 0.717) is 33.8 Å². The van der Waals surface area contributed by atoms with Crippen LogP contribution < -0.4 is 15.0 Å². The van der Waals surface area contributed by atoms with Crippen LogP contribution in [0.5, 0.6) is 11.5 Å². The Morgan fingerprint density at radius 1 is 1.21 bits per heavy atom. The molecule has 178 valence electrons. The lowest BCUT2D eigenvalue weighted by atomic mass is 9.88. The van der Waals surface area contributed by atoms with Gasteiger partial charge in [-0.15, -0.1) is 0 Å². The zero-order valence-electron chi connectivity index (χ0n) is 19.0. The molecule has 1 aromatic heterocycles. The second-order valence-electron chi connectivity index (χ2n) is 8.34. The number of carboxylic acid groups (broad SMARTS) is 1. The van der Waals surface area contributed by atoms with Crippen molar-refractivity contribution in [1.82, 2.24) is 9.66 Å². The number of hydrogen-bond acceptors (Lipinski definition) is 6. The average molecular weight is 528 g/mol. The van der Waals surface area contributed by atoms with Gasteiger partial charge in [-0.2, -0.15) is 9.78 Å². The molecule has 0 spiro atoms. The van der Waals surface area contributed by atoms with Gasteiger partial charge in [0.2, 0.25) is 0 Å². The number of carbonyl (C=O) groups is 1. The smallest absolute Gasteiger partial charge is 0.344 e. The van der Waals surface area contributed by atoms with E-state index in [-0.39, 0.29) is 11.5 Å². The van der Waals surface area contributed by atoms with E-state index in [2.05, 4.69) is 21.0 Å². The van der Waals surface area contributed by atoms with Gasteiger partial charge in [0.15, 0.2) is 17.6 Å².